The van der Waals surface area contributed by atoms with Crippen LogP contribution in [0.15, 0.2) is 12.3 Å². The molecule has 0 saturated heterocycles. The van der Waals surface area contributed by atoms with Gasteiger partial charge in [-0.2, -0.15) is 0 Å². The lowest BCUT2D eigenvalue weighted by atomic mass is 10.2. The molecule has 0 fully saturated rings. The van der Waals surface area contributed by atoms with Gasteiger partial charge in [0, 0.05) is 0 Å². The second-order valence-electron chi connectivity index (χ2n) is 1.71. The summed E-state index contributed by atoms with van der Waals surface area (Å²) in [6.07, 6.45) is 6.86. The topological polar surface area (TPSA) is 52.0 Å². The van der Waals surface area contributed by atoms with Gasteiger partial charge in [-0.15, -0.1) is 0 Å². The fourth-order valence-electron chi connectivity index (χ4n) is 0.503. The molecule has 0 aromatic rings. The van der Waals surface area contributed by atoms with Crippen LogP contribution in [0.4, 0.5) is 0 Å². The monoisotopic (exact) mass is 114 g/mol. The lowest BCUT2D eigenvalue weighted by Gasteiger charge is -1.89. The van der Waals surface area contributed by atoms with Crippen LogP contribution in [0.5, 0.6) is 0 Å². The Morgan fingerprint density at radius 2 is 2.00 bits per heavy atom. The first-order valence-corrected chi connectivity index (χ1v) is 2.98. The van der Waals surface area contributed by atoms with Crippen molar-refractivity contribution in [1.29, 1.82) is 0 Å². The van der Waals surface area contributed by atoms with Gasteiger partial charge in [0.1, 0.15) is 0 Å². The minimum Gasteiger partial charge on any atom is -0.405 e. The number of unbranched alkanes of at least 4 members (excludes halogenated alkanes) is 2. The number of hydrogen-bond donors (Lipinski definition) is 2. The number of hydrogen-bond acceptors (Lipinski definition) is 2. The fourth-order valence-corrected chi connectivity index (χ4v) is 0.503. The number of nitrogens with two attached hydrogens (primary N) is 2. The van der Waals surface area contributed by atoms with Gasteiger partial charge >= 0.3 is 0 Å². The highest BCUT2D eigenvalue weighted by Crippen LogP contribution is 1.92. The zero-order valence-corrected chi connectivity index (χ0v) is 5.14. The molecule has 0 saturated carbocycles. The summed E-state index contributed by atoms with van der Waals surface area (Å²) in [4.78, 5) is 0. The largest absolute Gasteiger partial charge is 0.405 e. The van der Waals surface area contributed by atoms with E-state index in [2.05, 4.69) is 0 Å². The highest BCUT2D eigenvalue weighted by molar-refractivity contribution is 4.74. The minimum atomic E-state index is 0.790. The summed E-state index contributed by atoms with van der Waals surface area (Å²) in [6, 6.07) is 0. The maximum absolute atomic E-state index is 5.26. The molecule has 0 bridgehead atoms. The van der Waals surface area contributed by atoms with Crippen LogP contribution in [0, 0.1) is 0 Å². The summed E-state index contributed by atoms with van der Waals surface area (Å²) in [5, 5.41) is 0. The first kappa shape index (κ1) is 7.50. The van der Waals surface area contributed by atoms with Crippen LogP contribution in [0.2, 0.25) is 0 Å². The van der Waals surface area contributed by atoms with E-state index >= 15 is 0 Å². The smallest absolute Gasteiger partial charge is 0.00772 e. The molecule has 0 heterocycles. The van der Waals surface area contributed by atoms with Gasteiger partial charge in [-0.3, -0.25) is 0 Å². The summed E-state index contributed by atoms with van der Waals surface area (Å²) in [5.41, 5.74) is 10.4. The Hall–Kier alpha value is -0.500. The molecule has 0 radical (unpaired) electrons. The second-order valence-corrected chi connectivity index (χ2v) is 1.71. The molecule has 0 rings (SSSR count). The Bertz CT molecular complexity index is 59.5. The van der Waals surface area contributed by atoms with Crippen molar-refractivity contribution in [3.05, 3.63) is 12.3 Å². The third-order valence-electron chi connectivity index (χ3n) is 0.961. The first-order valence-electron chi connectivity index (χ1n) is 2.98. The molecule has 4 N–H and O–H groups in total. The van der Waals surface area contributed by atoms with Crippen LogP contribution >= 0.6 is 0 Å². The van der Waals surface area contributed by atoms with E-state index in [1.165, 1.54) is 0 Å². The normalized spacial score (nSPS) is 10.6. The lowest BCUT2D eigenvalue weighted by Crippen LogP contribution is -1.96. The molecule has 0 unspecified atom stereocenters. The van der Waals surface area contributed by atoms with Crippen LogP contribution < -0.4 is 11.5 Å². The van der Waals surface area contributed by atoms with Gasteiger partial charge in [-0.05, 0) is 32.0 Å². The Labute approximate surface area is 50.6 Å². The van der Waals surface area contributed by atoms with Crippen LogP contribution in [0.25, 0.3) is 0 Å². The van der Waals surface area contributed by atoms with E-state index in [0.717, 1.165) is 25.8 Å². The van der Waals surface area contributed by atoms with E-state index in [-0.39, 0.29) is 0 Å². The van der Waals surface area contributed by atoms with E-state index < -0.39 is 0 Å². The summed E-state index contributed by atoms with van der Waals surface area (Å²) in [6.45, 7) is 0.790. The molecule has 48 valence electrons. The van der Waals surface area contributed by atoms with Gasteiger partial charge in [0.05, 0.1) is 0 Å². The summed E-state index contributed by atoms with van der Waals surface area (Å²) in [5.74, 6) is 0. The molecule has 0 amide bonds. The van der Waals surface area contributed by atoms with Crippen molar-refractivity contribution in [2.24, 2.45) is 11.5 Å². The average Bonchev–Trinajstić information content (AvgIpc) is 1.81. The van der Waals surface area contributed by atoms with Gasteiger partial charge in [0.25, 0.3) is 0 Å². The zero-order chi connectivity index (χ0) is 6.24. The molecule has 0 aromatic heterocycles. The maximum Gasteiger partial charge on any atom is -0.00772 e. The van der Waals surface area contributed by atoms with E-state index in [9.17, 15) is 0 Å². The highest BCUT2D eigenvalue weighted by atomic mass is 14.5. The predicted octanol–water partition coefficient (Wildman–Crippen LogP) is 0.588. The molecule has 0 aliphatic heterocycles. The second kappa shape index (κ2) is 6.50. The summed E-state index contributed by atoms with van der Waals surface area (Å²) < 4.78 is 0. The average molecular weight is 114 g/mol. The Morgan fingerprint density at radius 3 is 2.50 bits per heavy atom. The third kappa shape index (κ3) is 5.50. The van der Waals surface area contributed by atoms with Gasteiger partial charge in [-0.25, -0.2) is 0 Å². The van der Waals surface area contributed by atoms with Crippen LogP contribution in [0.3, 0.4) is 0 Å². The SMILES string of the molecule is N/C=C\CCCCN. The van der Waals surface area contributed by atoms with Gasteiger partial charge < -0.3 is 11.5 Å². The van der Waals surface area contributed by atoms with E-state index in [4.69, 9.17) is 11.5 Å². The standard InChI is InChI=1S/C6H14N2/c7-5-3-1-2-4-6-8/h3,5H,1-2,4,6-8H2/b5-3-. The number of allylic oxidation sites excluding steroid dienone is 1. The van der Waals surface area contributed by atoms with Gasteiger partial charge in [-0.1, -0.05) is 6.08 Å². The van der Waals surface area contributed by atoms with E-state index in [1.807, 2.05) is 6.08 Å². The molecular formula is C6H14N2. The van der Waals surface area contributed by atoms with Crippen molar-refractivity contribution in [3.8, 4) is 0 Å². The minimum absolute atomic E-state index is 0.790. The lowest BCUT2D eigenvalue weighted by molar-refractivity contribution is 0.758. The predicted molar refractivity (Wildman–Crippen MR) is 36.2 cm³/mol. The van der Waals surface area contributed by atoms with Gasteiger partial charge in [0.2, 0.25) is 0 Å². The quantitative estimate of drug-likeness (QED) is 0.525. The van der Waals surface area contributed by atoms with Crippen LogP contribution in [0.1, 0.15) is 19.3 Å². The Balaban J connectivity index is 2.72. The fraction of sp³-hybridized carbons (Fsp3) is 0.667. The first-order chi connectivity index (χ1) is 3.91. The molecule has 0 atom stereocenters. The van der Waals surface area contributed by atoms with Crippen molar-refractivity contribution in [2.75, 3.05) is 6.54 Å². The molecule has 8 heavy (non-hydrogen) atoms. The van der Waals surface area contributed by atoms with Crippen molar-refractivity contribution >= 4 is 0 Å². The van der Waals surface area contributed by atoms with Gasteiger partial charge in [0.15, 0.2) is 0 Å². The Kier molecular flexibility index (Phi) is 6.09. The van der Waals surface area contributed by atoms with Crippen LogP contribution in [-0.2, 0) is 0 Å². The third-order valence-corrected chi connectivity index (χ3v) is 0.961. The van der Waals surface area contributed by atoms with Crippen molar-refractivity contribution in [1.82, 2.24) is 0 Å². The molecule has 0 aromatic carbocycles. The highest BCUT2D eigenvalue weighted by Gasteiger charge is 1.78. The molecule has 2 heteroatoms. The molecular weight excluding hydrogens is 100 g/mol. The zero-order valence-electron chi connectivity index (χ0n) is 5.14. The van der Waals surface area contributed by atoms with Crippen molar-refractivity contribution < 1.29 is 0 Å². The molecule has 0 aliphatic rings. The van der Waals surface area contributed by atoms with E-state index in [0.29, 0.717) is 0 Å². The van der Waals surface area contributed by atoms with Crippen molar-refractivity contribution in [2.45, 2.75) is 19.3 Å². The molecule has 0 spiro atoms. The molecule has 2 nitrogen and oxygen atoms in total. The summed E-state index contributed by atoms with van der Waals surface area (Å²) in [7, 11) is 0. The van der Waals surface area contributed by atoms with E-state index in [1.54, 1.807) is 6.20 Å². The summed E-state index contributed by atoms with van der Waals surface area (Å²) >= 11 is 0. The maximum atomic E-state index is 5.26. The van der Waals surface area contributed by atoms with Crippen molar-refractivity contribution in [3.63, 3.8) is 0 Å². The molecule has 0 aliphatic carbocycles. The van der Waals surface area contributed by atoms with Crippen LogP contribution in [-0.4, -0.2) is 6.54 Å². The Morgan fingerprint density at radius 1 is 1.25 bits per heavy atom. The number of rotatable bonds is 4.